The van der Waals surface area contributed by atoms with Gasteiger partial charge in [-0.2, -0.15) is 0 Å². The lowest BCUT2D eigenvalue weighted by Crippen LogP contribution is -2.27. The number of methoxy groups -OCH3 is 2. The van der Waals surface area contributed by atoms with E-state index < -0.39 is 0 Å². The summed E-state index contributed by atoms with van der Waals surface area (Å²) >= 11 is 0. The van der Waals surface area contributed by atoms with Crippen molar-refractivity contribution in [3.05, 3.63) is 58.9 Å². The molecular formula is C16H20O2. The highest BCUT2D eigenvalue weighted by atomic mass is 16.5. The number of hydrogen-bond donors (Lipinski definition) is 0. The van der Waals surface area contributed by atoms with Gasteiger partial charge in [-0.1, -0.05) is 18.2 Å². The summed E-state index contributed by atoms with van der Waals surface area (Å²) in [6, 6.07) is 6.49. The third kappa shape index (κ3) is 2.21. The molecule has 1 aliphatic carbocycles. The Morgan fingerprint density at radius 3 is 2.39 bits per heavy atom. The van der Waals surface area contributed by atoms with Gasteiger partial charge in [0.25, 0.3) is 0 Å². The normalized spacial score (nSPS) is 22.8. The minimum Gasteiger partial charge on any atom is -0.497 e. The van der Waals surface area contributed by atoms with E-state index in [0.29, 0.717) is 0 Å². The van der Waals surface area contributed by atoms with Crippen molar-refractivity contribution in [1.29, 1.82) is 0 Å². The van der Waals surface area contributed by atoms with E-state index in [-0.39, 0.29) is 5.60 Å². The fourth-order valence-electron chi connectivity index (χ4n) is 2.24. The molecule has 96 valence electrons. The minimum atomic E-state index is -0.361. The monoisotopic (exact) mass is 244 g/mol. The highest BCUT2D eigenvalue weighted by molar-refractivity contribution is 5.39. The van der Waals surface area contributed by atoms with E-state index in [2.05, 4.69) is 44.2 Å². The van der Waals surface area contributed by atoms with Crippen LogP contribution in [-0.4, -0.2) is 14.2 Å². The Labute approximate surface area is 109 Å². The maximum Gasteiger partial charge on any atom is 0.115 e. The third-order valence-corrected chi connectivity index (χ3v) is 3.72. The van der Waals surface area contributed by atoms with Crippen LogP contribution in [0.4, 0.5) is 0 Å². The molecule has 0 spiro atoms. The zero-order valence-electron chi connectivity index (χ0n) is 11.5. The zero-order chi connectivity index (χ0) is 13.2. The van der Waals surface area contributed by atoms with Gasteiger partial charge in [-0.15, -0.1) is 0 Å². The summed E-state index contributed by atoms with van der Waals surface area (Å²) in [6.45, 7) is 4.25. The lowest BCUT2D eigenvalue weighted by atomic mass is 9.85. The summed E-state index contributed by atoms with van der Waals surface area (Å²) in [6.07, 6.45) is 6.92. The molecule has 0 amide bonds. The molecule has 1 aliphatic rings. The smallest absolute Gasteiger partial charge is 0.115 e. The molecule has 1 aromatic rings. The van der Waals surface area contributed by atoms with Crippen molar-refractivity contribution in [1.82, 2.24) is 0 Å². The van der Waals surface area contributed by atoms with Crippen LogP contribution in [0.25, 0.3) is 0 Å². The molecule has 1 aromatic carbocycles. The molecule has 0 aromatic heterocycles. The van der Waals surface area contributed by atoms with Crippen LogP contribution in [0, 0.1) is 13.8 Å². The van der Waals surface area contributed by atoms with E-state index in [0.717, 1.165) is 12.2 Å². The van der Waals surface area contributed by atoms with Crippen LogP contribution in [0.5, 0.6) is 0 Å². The van der Waals surface area contributed by atoms with Gasteiger partial charge in [0.1, 0.15) is 11.4 Å². The van der Waals surface area contributed by atoms with Gasteiger partial charge in [0.2, 0.25) is 0 Å². The minimum absolute atomic E-state index is 0.361. The summed E-state index contributed by atoms with van der Waals surface area (Å²) in [4.78, 5) is 0. The first-order valence-corrected chi connectivity index (χ1v) is 6.17. The van der Waals surface area contributed by atoms with Gasteiger partial charge in [0.05, 0.1) is 7.11 Å². The maximum absolute atomic E-state index is 5.77. The number of ether oxygens (including phenoxy) is 2. The second-order valence-electron chi connectivity index (χ2n) is 4.74. The number of rotatable bonds is 3. The number of aryl methyl sites for hydroxylation is 2. The SMILES string of the molecule is COC1=CC[C@@](OC)(c2ccc(C)c(C)c2)C=C1. The van der Waals surface area contributed by atoms with E-state index in [4.69, 9.17) is 9.47 Å². The number of hydrogen-bond acceptors (Lipinski definition) is 2. The fourth-order valence-corrected chi connectivity index (χ4v) is 2.24. The zero-order valence-corrected chi connectivity index (χ0v) is 11.5. The molecule has 0 saturated carbocycles. The average molecular weight is 244 g/mol. The van der Waals surface area contributed by atoms with Crippen LogP contribution in [0.3, 0.4) is 0 Å². The Morgan fingerprint density at radius 2 is 1.89 bits per heavy atom. The highest BCUT2D eigenvalue weighted by Crippen LogP contribution is 2.35. The van der Waals surface area contributed by atoms with Crippen LogP contribution in [-0.2, 0) is 15.1 Å². The standard InChI is InChI=1S/C16H20O2/c1-12-5-6-14(11-13(12)2)16(18-4)9-7-15(17-3)8-10-16/h5-9,11H,10H2,1-4H3/t16-/m1/s1. The molecule has 0 saturated heterocycles. The van der Waals surface area contributed by atoms with E-state index in [1.165, 1.54) is 16.7 Å². The molecule has 2 rings (SSSR count). The quantitative estimate of drug-likeness (QED) is 0.808. The average Bonchev–Trinajstić information content (AvgIpc) is 2.42. The van der Waals surface area contributed by atoms with Crippen LogP contribution in [0.15, 0.2) is 42.2 Å². The molecule has 0 aliphatic heterocycles. The number of allylic oxidation sites excluding steroid dienone is 1. The molecule has 0 fully saturated rings. The second-order valence-corrected chi connectivity index (χ2v) is 4.74. The van der Waals surface area contributed by atoms with Crippen molar-refractivity contribution >= 4 is 0 Å². The fraction of sp³-hybridized carbons (Fsp3) is 0.375. The lowest BCUT2D eigenvalue weighted by Gasteiger charge is -2.31. The number of benzene rings is 1. The summed E-state index contributed by atoms with van der Waals surface area (Å²) in [5.74, 6) is 0.895. The summed E-state index contributed by atoms with van der Waals surface area (Å²) in [5, 5.41) is 0. The predicted octanol–water partition coefficient (Wildman–Crippen LogP) is 3.64. The van der Waals surface area contributed by atoms with Gasteiger partial charge in [0.15, 0.2) is 0 Å². The lowest BCUT2D eigenvalue weighted by molar-refractivity contribution is 0.0288. The molecule has 0 unspecified atom stereocenters. The predicted molar refractivity (Wildman–Crippen MR) is 73.5 cm³/mol. The second kappa shape index (κ2) is 4.99. The first-order valence-electron chi connectivity index (χ1n) is 6.17. The van der Waals surface area contributed by atoms with Gasteiger partial charge < -0.3 is 9.47 Å². The van der Waals surface area contributed by atoms with Crippen molar-refractivity contribution in [2.45, 2.75) is 25.9 Å². The molecule has 2 heteroatoms. The largest absolute Gasteiger partial charge is 0.497 e. The van der Waals surface area contributed by atoms with E-state index in [1.54, 1.807) is 14.2 Å². The molecule has 0 radical (unpaired) electrons. The van der Waals surface area contributed by atoms with Gasteiger partial charge in [-0.25, -0.2) is 0 Å². The molecule has 0 N–H and O–H groups in total. The third-order valence-electron chi connectivity index (χ3n) is 3.72. The molecule has 2 nitrogen and oxygen atoms in total. The molecule has 1 atom stereocenters. The Balaban J connectivity index is 2.37. The highest BCUT2D eigenvalue weighted by Gasteiger charge is 2.30. The van der Waals surface area contributed by atoms with Gasteiger partial charge >= 0.3 is 0 Å². The van der Waals surface area contributed by atoms with E-state index in [1.807, 2.05) is 6.08 Å². The van der Waals surface area contributed by atoms with E-state index in [9.17, 15) is 0 Å². The van der Waals surface area contributed by atoms with Crippen LogP contribution in [0.1, 0.15) is 23.1 Å². The van der Waals surface area contributed by atoms with Crippen molar-refractivity contribution in [3.63, 3.8) is 0 Å². The van der Waals surface area contributed by atoms with Crippen molar-refractivity contribution in [2.24, 2.45) is 0 Å². The Bertz CT molecular complexity index is 500. The van der Waals surface area contributed by atoms with Gasteiger partial charge in [0, 0.05) is 13.5 Å². The molecular weight excluding hydrogens is 224 g/mol. The summed E-state index contributed by atoms with van der Waals surface area (Å²) in [5.41, 5.74) is 3.42. The topological polar surface area (TPSA) is 18.5 Å². The van der Waals surface area contributed by atoms with Gasteiger partial charge in [-0.05, 0) is 48.8 Å². The summed E-state index contributed by atoms with van der Waals surface area (Å²) < 4.78 is 11.0. The Hall–Kier alpha value is -1.54. The Morgan fingerprint density at radius 1 is 1.11 bits per heavy atom. The van der Waals surface area contributed by atoms with Crippen molar-refractivity contribution in [3.8, 4) is 0 Å². The van der Waals surface area contributed by atoms with Gasteiger partial charge in [-0.3, -0.25) is 0 Å². The van der Waals surface area contributed by atoms with E-state index >= 15 is 0 Å². The maximum atomic E-state index is 5.77. The summed E-state index contributed by atoms with van der Waals surface area (Å²) in [7, 11) is 3.44. The van der Waals surface area contributed by atoms with Crippen molar-refractivity contribution < 1.29 is 9.47 Å². The van der Waals surface area contributed by atoms with Crippen LogP contribution in [0.2, 0.25) is 0 Å². The van der Waals surface area contributed by atoms with Crippen LogP contribution < -0.4 is 0 Å². The molecule has 18 heavy (non-hydrogen) atoms. The van der Waals surface area contributed by atoms with Crippen molar-refractivity contribution in [2.75, 3.05) is 14.2 Å². The Kier molecular flexibility index (Phi) is 3.58. The van der Waals surface area contributed by atoms with Crippen LogP contribution >= 0.6 is 0 Å². The molecule has 0 bridgehead atoms. The first kappa shape index (κ1) is 12.9. The molecule has 0 heterocycles. The first-order chi connectivity index (χ1) is 8.61.